The van der Waals surface area contributed by atoms with Crippen LogP contribution in [-0.4, -0.2) is 5.75 Å². The summed E-state index contributed by atoms with van der Waals surface area (Å²) >= 11 is 4.32. The number of benzene rings is 6. The van der Waals surface area contributed by atoms with E-state index in [2.05, 4.69) is 116 Å². The fourth-order valence-electron chi connectivity index (χ4n) is 6.41. The van der Waals surface area contributed by atoms with E-state index in [9.17, 15) is 0 Å². The molecule has 0 aliphatic rings. The van der Waals surface area contributed by atoms with E-state index in [4.69, 9.17) is 0 Å². The number of thiol groups is 1. The highest BCUT2D eigenvalue weighted by atomic mass is 32.1. The van der Waals surface area contributed by atoms with Crippen molar-refractivity contribution in [2.75, 3.05) is 5.75 Å². The van der Waals surface area contributed by atoms with E-state index in [1.807, 2.05) is 0 Å². The maximum absolute atomic E-state index is 4.32. The third kappa shape index (κ3) is 5.43. The molecule has 0 saturated heterocycles. The predicted molar refractivity (Wildman–Crippen MR) is 176 cm³/mol. The topological polar surface area (TPSA) is 0 Å². The molecule has 0 aromatic heterocycles. The van der Waals surface area contributed by atoms with Crippen molar-refractivity contribution in [3.05, 3.63) is 109 Å². The van der Waals surface area contributed by atoms with Gasteiger partial charge in [0.05, 0.1) is 0 Å². The molecule has 6 aromatic rings. The van der Waals surface area contributed by atoms with Gasteiger partial charge in [-0.15, -0.1) is 0 Å². The Morgan fingerprint density at radius 1 is 0.410 bits per heavy atom. The maximum Gasteiger partial charge on any atom is -0.00204 e. The molecule has 0 nitrogen and oxygen atoms in total. The largest absolute Gasteiger partial charge is 0.179 e. The molecule has 0 aliphatic carbocycles. The Kier molecular flexibility index (Phi) is 8.16. The van der Waals surface area contributed by atoms with Crippen LogP contribution in [0.1, 0.15) is 56.9 Å². The lowest BCUT2D eigenvalue weighted by atomic mass is 9.87. The highest BCUT2D eigenvalue weighted by Gasteiger charge is 2.15. The van der Waals surface area contributed by atoms with Crippen LogP contribution in [-0.2, 0) is 6.42 Å². The molecule has 39 heavy (non-hydrogen) atoms. The van der Waals surface area contributed by atoms with Crippen molar-refractivity contribution in [2.45, 2.75) is 57.8 Å². The predicted octanol–water partition coefficient (Wildman–Crippen LogP) is 11.6. The van der Waals surface area contributed by atoms with E-state index in [1.54, 1.807) is 0 Å². The van der Waals surface area contributed by atoms with Crippen molar-refractivity contribution in [1.29, 1.82) is 0 Å². The molecule has 0 amide bonds. The normalized spacial score (nSPS) is 11.7. The summed E-state index contributed by atoms with van der Waals surface area (Å²) in [4.78, 5) is 0. The van der Waals surface area contributed by atoms with Crippen LogP contribution in [0.5, 0.6) is 0 Å². The first kappa shape index (κ1) is 26.0. The van der Waals surface area contributed by atoms with Crippen molar-refractivity contribution < 1.29 is 0 Å². The molecule has 0 fully saturated rings. The highest BCUT2D eigenvalue weighted by Crippen LogP contribution is 2.42. The van der Waals surface area contributed by atoms with Gasteiger partial charge in [-0.25, -0.2) is 0 Å². The van der Waals surface area contributed by atoms with Gasteiger partial charge in [-0.05, 0) is 90.9 Å². The molecule has 0 spiro atoms. The van der Waals surface area contributed by atoms with Gasteiger partial charge in [-0.2, -0.15) is 12.6 Å². The van der Waals surface area contributed by atoms with Gasteiger partial charge < -0.3 is 0 Å². The second kappa shape index (κ2) is 12.3. The Balaban J connectivity index is 1.36. The van der Waals surface area contributed by atoms with Crippen LogP contribution in [0.4, 0.5) is 0 Å². The molecule has 1 heteroatoms. The van der Waals surface area contributed by atoms with E-state index >= 15 is 0 Å². The Hall–Kier alpha value is -3.29. The van der Waals surface area contributed by atoms with Crippen molar-refractivity contribution >= 4 is 55.7 Å². The summed E-state index contributed by atoms with van der Waals surface area (Å²) in [6.07, 6.45) is 11.8. The van der Waals surface area contributed by atoms with Crippen LogP contribution in [0.3, 0.4) is 0 Å². The summed E-state index contributed by atoms with van der Waals surface area (Å²) in [6, 6.07) is 38.5. The molecular formula is C38H38S. The second-order valence-electron chi connectivity index (χ2n) is 11.0. The minimum atomic E-state index is 1.03. The van der Waals surface area contributed by atoms with E-state index in [1.165, 1.54) is 111 Å². The maximum atomic E-state index is 4.32. The zero-order valence-electron chi connectivity index (χ0n) is 22.8. The molecular weight excluding hydrogens is 488 g/mol. The van der Waals surface area contributed by atoms with Gasteiger partial charge in [0.1, 0.15) is 0 Å². The van der Waals surface area contributed by atoms with Crippen molar-refractivity contribution in [2.24, 2.45) is 0 Å². The molecule has 0 N–H and O–H groups in total. The summed E-state index contributed by atoms with van der Waals surface area (Å²) in [5, 5.41) is 10.7. The first-order chi connectivity index (χ1) is 19.3. The number of hydrogen-bond donors (Lipinski definition) is 1. The monoisotopic (exact) mass is 526 g/mol. The van der Waals surface area contributed by atoms with Crippen LogP contribution in [0.25, 0.3) is 54.2 Å². The Bertz CT molecular complexity index is 1730. The number of unbranched alkanes of at least 4 members (excludes halogenated alkanes) is 7. The molecule has 0 bridgehead atoms. The Morgan fingerprint density at radius 2 is 1.05 bits per heavy atom. The number of rotatable bonds is 11. The van der Waals surface area contributed by atoms with Crippen LogP contribution in [0.2, 0.25) is 0 Å². The second-order valence-corrected chi connectivity index (χ2v) is 11.4. The average Bonchev–Trinajstić information content (AvgIpc) is 2.99. The zero-order valence-corrected chi connectivity index (χ0v) is 23.7. The van der Waals surface area contributed by atoms with Crippen LogP contribution in [0, 0.1) is 0 Å². The smallest absolute Gasteiger partial charge is 0.00204 e. The quantitative estimate of drug-likeness (QED) is 0.0738. The fourth-order valence-corrected chi connectivity index (χ4v) is 6.63. The third-order valence-electron chi connectivity index (χ3n) is 8.41. The van der Waals surface area contributed by atoms with E-state index in [0.29, 0.717) is 0 Å². The van der Waals surface area contributed by atoms with Gasteiger partial charge >= 0.3 is 0 Å². The van der Waals surface area contributed by atoms with Gasteiger partial charge in [0, 0.05) is 0 Å². The van der Waals surface area contributed by atoms with E-state index < -0.39 is 0 Å². The molecule has 6 aromatic carbocycles. The van der Waals surface area contributed by atoms with E-state index in [-0.39, 0.29) is 0 Å². The van der Waals surface area contributed by atoms with Gasteiger partial charge in [0.2, 0.25) is 0 Å². The van der Waals surface area contributed by atoms with E-state index in [0.717, 1.165) is 12.2 Å². The summed E-state index contributed by atoms with van der Waals surface area (Å²) in [7, 11) is 0. The van der Waals surface area contributed by atoms with Gasteiger partial charge in [0.25, 0.3) is 0 Å². The fraction of sp³-hybridized carbons (Fsp3) is 0.263. The standard InChI is InChI=1S/C38H38S/c39-26-12-6-4-2-1-3-5-7-15-28-18-13-22-34-31(28)21-14-23-35(34)38-33-20-11-9-17-30(33)27-37-32-19-10-8-16-29(32)24-25-36(37)38/h8-11,13-14,16-25,27,39H,1-7,12,15,26H2. The number of fused-ring (bicyclic) bond motifs is 5. The lowest BCUT2D eigenvalue weighted by Crippen LogP contribution is -1.92. The van der Waals surface area contributed by atoms with Crippen molar-refractivity contribution in [1.82, 2.24) is 0 Å². The Labute approximate surface area is 238 Å². The Morgan fingerprint density at radius 3 is 1.87 bits per heavy atom. The first-order valence-corrected chi connectivity index (χ1v) is 15.4. The van der Waals surface area contributed by atoms with Crippen LogP contribution in [0.15, 0.2) is 103 Å². The lowest BCUT2D eigenvalue weighted by molar-refractivity contribution is 0.577. The van der Waals surface area contributed by atoms with Crippen LogP contribution < -0.4 is 0 Å². The van der Waals surface area contributed by atoms with Crippen molar-refractivity contribution in [3.63, 3.8) is 0 Å². The summed E-state index contributed by atoms with van der Waals surface area (Å²) < 4.78 is 0. The minimum absolute atomic E-state index is 1.03. The average molecular weight is 527 g/mol. The summed E-state index contributed by atoms with van der Waals surface area (Å²) in [6.45, 7) is 0. The SMILES string of the molecule is SCCCCCCCCCCc1cccc2c(-c3c4ccccc4cc4c3ccc3ccccc34)cccc12. The molecule has 0 atom stereocenters. The summed E-state index contributed by atoms with van der Waals surface area (Å²) in [5.74, 6) is 1.03. The molecule has 0 aliphatic heterocycles. The molecule has 0 radical (unpaired) electrons. The van der Waals surface area contributed by atoms with Crippen LogP contribution >= 0.6 is 12.6 Å². The van der Waals surface area contributed by atoms with Gasteiger partial charge in [-0.1, -0.05) is 136 Å². The van der Waals surface area contributed by atoms with Gasteiger partial charge in [0.15, 0.2) is 0 Å². The molecule has 196 valence electrons. The molecule has 6 rings (SSSR count). The molecule has 0 heterocycles. The first-order valence-electron chi connectivity index (χ1n) is 14.8. The minimum Gasteiger partial charge on any atom is -0.179 e. The molecule has 0 saturated carbocycles. The summed E-state index contributed by atoms with van der Waals surface area (Å²) in [5.41, 5.74) is 4.18. The van der Waals surface area contributed by atoms with Gasteiger partial charge in [-0.3, -0.25) is 0 Å². The lowest BCUT2D eigenvalue weighted by Gasteiger charge is -2.17. The number of aryl methyl sites for hydroxylation is 1. The third-order valence-corrected chi connectivity index (χ3v) is 8.72. The number of hydrogen-bond acceptors (Lipinski definition) is 1. The molecule has 0 unspecified atom stereocenters. The zero-order chi connectivity index (χ0) is 26.4. The highest BCUT2D eigenvalue weighted by molar-refractivity contribution is 7.80. The van der Waals surface area contributed by atoms with Crippen molar-refractivity contribution in [3.8, 4) is 11.1 Å².